The van der Waals surface area contributed by atoms with Gasteiger partial charge in [-0.25, -0.2) is 4.99 Å². The molecule has 16 heavy (non-hydrogen) atoms. The number of hydrogen-bond acceptors (Lipinski definition) is 2. The smallest absolute Gasteiger partial charge is 0.277 e. The van der Waals surface area contributed by atoms with Crippen LogP contribution in [0.2, 0.25) is 0 Å². The number of carbonyl (C=O) groups excluding carboxylic acids is 1. The molecule has 82 valence electrons. The van der Waals surface area contributed by atoms with Crippen LogP contribution in [0.5, 0.6) is 0 Å². The number of benzene rings is 1. The number of amides is 1. The van der Waals surface area contributed by atoms with Crippen molar-refractivity contribution >= 4 is 12.1 Å². The van der Waals surface area contributed by atoms with E-state index < -0.39 is 0 Å². The number of carbonyl (C=O) groups is 1. The summed E-state index contributed by atoms with van der Waals surface area (Å²) in [5.41, 5.74) is 2.94. The second-order valence-electron chi connectivity index (χ2n) is 4.47. The van der Waals surface area contributed by atoms with E-state index in [1.807, 2.05) is 12.1 Å². The zero-order valence-electron chi connectivity index (χ0n) is 9.15. The van der Waals surface area contributed by atoms with Gasteiger partial charge in [0, 0.05) is 18.3 Å². The molecule has 3 nitrogen and oxygen atoms in total. The fourth-order valence-corrected chi connectivity index (χ4v) is 2.40. The highest BCUT2D eigenvalue weighted by molar-refractivity contribution is 6.12. The SMILES string of the molecule is O=C1N=Cc2ccc(CN3CCCC3)cc21. The van der Waals surface area contributed by atoms with Crippen molar-refractivity contribution in [2.24, 2.45) is 4.99 Å². The summed E-state index contributed by atoms with van der Waals surface area (Å²) in [7, 11) is 0. The van der Waals surface area contributed by atoms with Gasteiger partial charge in [0.15, 0.2) is 0 Å². The monoisotopic (exact) mass is 214 g/mol. The molecule has 0 N–H and O–H groups in total. The summed E-state index contributed by atoms with van der Waals surface area (Å²) in [6, 6.07) is 6.08. The predicted molar refractivity (Wildman–Crippen MR) is 62.9 cm³/mol. The Morgan fingerprint density at radius 3 is 2.88 bits per heavy atom. The maximum Gasteiger partial charge on any atom is 0.277 e. The fourth-order valence-electron chi connectivity index (χ4n) is 2.40. The summed E-state index contributed by atoms with van der Waals surface area (Å²) in [6.07, 6.45) is 4.25. The van der Waals surface area contributed by atoms with Crippen molar-refractivity contribution in [2.45, 2.75) is 19.4 Å². The van der Waals surface area contributed by atoms with Crippen molar-refractivity contribution in [3.63, 3.8) is 0 Å². The van der Waals surface area contributed by atoms with Gasteiger partial charge in [-0.15, -0.1) is 0 Å². The molecule has 0 aromatic heterocycles. The highest BCUT2D eigenvalue weighted by Crippen LogP contribution is 2.19. The van der Waals surface area contributed by atoms with Gasteiger partial charge in [0.2, 0.25) is 0 Å². The number of rotatable bonds is 2. The minimum atomic E-state index is -0.0988. The quantitative estimate of drug-likeness (QED) is 0.752. The van der Waals surface area contributed by atoms with Crippen LogP contribution in [0.4, 0.5) is 0 Å². The molecule has 0 radical (unpaired) electrons. The third kappa shape index (κ3) is 1.67. The third-order valence-electron chi connectivity index (χ3n) is 3.27. The van der Waals surface area contributed by atoms with Crippen LogP contribution in [-0.2, 0) is 6.54 Å². The molecule has 3 rings (SSSR count). The molecule has 0 aliphatic carbocycles. The molecule has 0 saturated carbocycles. The van der Waals surface area contributed by atoms with E-state index in [4.69, 9.17) is 0 Å². The van der Waals surface area contributed by atoms with Crippen molar-refractivity contribution in [1.82, 2.24) is 4.90 Å². The Morgan fingerprint density at radius 2 is 2.06 bits per heavy atom. The Hall–Kier alpha value is -1.48. The zero-order valence-corrected chi connectivity index (χ0v) is 9.15. The Kier molecular flexibility index (Phi) is 2.33. The molecule has 1 saturated heterocycles. The van der Waals surface area contributed by atoms with E-state index in [0.29, 0.717) is 0 Å². The van der Waals surface area contributed by atoms with E-state index in [1.165, 1.54) is 31.5 Å². The zero-order chi connectivity index (χ0) is 11.0. The van der Waals surface area contributed by atoms with Crippen molar-refractivity contribution in [3.8, 4) is 0 Å². The molecule has 1 aromatic rings. The maximum atomic E-state index is 11.4. The molecule has 1 fully saturated rings. The molecule has 2 heterocycles. The lowest BCUT2D eigenvalue weighted by Gasteiger charge is -2.14. The normalized spacial score (nSPS) is 19.4. The molecule has 2 aliphatic heterocycles. The van der Waals surface area contributed by atoms with Gasteiger partial charge in [-0.1, -0.05) is 12.1 Å². The van der Waals surface area contributed by atoms with Crippen LogP contribution in [0, 0.1) is 0 Å². The average molecular weight is 214 g/mol. The first-order valence-electron chi connectivity index (χ1n) is 5.76. The Labute approximate surface area is 94.8 Å². The molecule has 0 bridgehead atoms. The summed E-state index contributed by atoms with van der Waals surface area (Å²) >= 11 is 0. The van der Waals surface area contributed by atoms with Crippen LogP contribution < -0.4 is 0 Å². The van der Waals surface area contributed by atoms with Gasteiger partial charge in [0.05, 0.1) is 5.56 Å². The third-order valence-corrected chi connectivity index (χ3v) is 3.27. The second kappa shape index (κ2) is 3.83. The summed E-state index contributed by atoms with van der Waals surface area (Å²) in [6.45, 7) is 3.32. The van der Waals surface area contributed by atoms with Crippen molar-refractivity contribution in [1.29, 1.82) is 0 Å². The van der Waals surface area contributed by atoms with Crippen molar-refractivity contribution in [3.05, 3.63) is 34.9 Å². The molecule has 0 spiro atoms. The van der Waals surface area contributed by atoms with E-state index in [2.05, 4.69) is 16.0 Å². The molecule has 1 aromatic carbocycles. The highest BCUT2D eigenvalue weighted by atomic mass is 16.1. The fraction of sp³-hybridized carbons (Fsp3) is 0.385. The number of nitrogens with zero attached hydrogens (tertiary/aromatic N) is 2. The van der Waals surface area contributed by atoms with Gasteiger partial charge >= 0.3 is 0 Å². The van der Waals surface area contributed by atoms with Gasteiger partial charge in [0.25, 0.3) is 5.91 Å². The van der Waals surface area contributed by atoms with E-state index in [0.717, 1.165) is 17.7 Å². The molecule has 2 aliphatic rings. The lowest BCUT2D eigenvalue weighted by atomic mass is 10.1. The number of fused-ring (bicyclic) bond motifs is 1. The maximum absolute atomic E-state index is 11.4. The Morgan fingerprint density at radius 1 is 1.25 bits per heavy atom. The van der Waals surface area contributed by atoms with Crippen LogP contribution in [-0.4, -0.2) is 30.1 Å². The Balaban J connectivity index is 1.82. The van der Waals surface area contributed by atoms with E-state index in [-0.39, 0.29) is 5.91 Å². The summed E-state index contributed by atoms with van der Waals surface area (Å²) in [4.78, 5) is 17.7. The first-order valence-corrected chi connectivity index (χ1v) is 5.76. The Bertz CT molecular complexity index is 459. The summed E-state index contributed by atoms with van der Waals surface area (Å²) in [5.74, 6) is -0.0988. The number of aliphatic imine (C=N–C) groups is 1. The number of likely N-dealkylation sites (tertiary alicyclic amines) is 1. The highest BCUT2D eigenvalue weighted by Gasteiger charge is 2.17. The lowest BCUT2D eigenvalue weighted by Crippen LogP contribution is -2.18. The van der Waals surface area contributed by atoms with Gasteiger partial charge in [0.1, 0.15) is 0 Å². The number of hydrogen-bond donors (Lipinski definition) is 0. The standard InChI is InChI=1S/C13H14N2O/c16-13-12-7-10(3-4-11(12)8-14-13)9-15-5-1-2-6-15/h3-4,7-8H,1-2,5-6,9H2. The molecule has 1 amide bonds. The van der Waals surface area contributed by atoms with Crippen LogP contribution >= 0.6 is 0 Å². The molecule has 0 atom stereocenters. The van der Waals surface area contributed by atoms with E-state index >= 15 is 0 Å². The van der Waals surface area contributed by atoms with Crippen LogP contribution in [0.1, 0.15) is 34.3 Å². The van der Waals surface area contributed by atoms with Crippen LogP contribution in [0.15, 0.2) is 23.2 Å². The van der Waals surface area contributed by atoms with Gasteiger partial charge < -0.3 is 0 Å². The van der Waals surface area contributed by atoms with Crippen LogP contribution in [0.3, 0.4) is 0 Å². The molecule has 3 heteroatoms. The van der Waals surface area contributed by atoms with Crippen molar-refractivity contribution < 1.29 is 4.79 Å². The van der Waals surface area contributed by atoms with Crippen molar-refractivity contribution in [2.75, 3.05) is 13.1 Å². The minimum absolute atomic E-state index is 0.0988. The minimum Gasteiger partial charge on any atom is -0.299 e. The first-order chi connectivity index (χ1) is 7.83. The predicted octanol–water partition coefficient (Wildman–Crippen LogP) is 1.86. The molecule has 0 unspecified atom stereocenters. The van der Waals surface area contributed by atoms with E-state index in [9.17, 15) is 4.79 Å². The lowest BCUT2D eigenvalue weighted by molar-refractivity contribution is 0.101. The first kappa shape index (κ1) is 9.73. The van der Waals surface area contributed by atoms with Gasteiger partial charge in [-0.2, -0.15) is 0 Å². The largest absolute Gasteiger partial charge is 0.299 e. The topological polar surface area (TPSA) is 32.7 Å². The van der Waals surface area contributed by atoms with E-state index in [1.54, 1.807) is 6.21 Å². The summed E-state index contributed by atoms with van der Waals surface area (Å²) < 4.78 is 0. The second-order valence-corrected chi connectivity index (χ2v) is 4.47. The van der Waals surface area contributed by atoms with Gasteiger partial charge in [-0.05, 0) is 37.6 Å². The molecular formula is C13H14N2O. The van der Waals surface area contributed by atoms with Crippen LogP contribution in [0.25, 0.3) is 0 Å². The van der Waals surface area contributed by atoms with Gasteiger partial charge in [-0.3, -0.25) is 9.69 Å². The summed E-state index contributed by atoms with van der Waals surface area (Å²) in [5, 5.41) is 0. The molecular weight excluding hydrogens is 200 g/mol. The average Bonchev–Trinajstić information content (AvgIpc) is 2.90.